The Bertz CT molecular complexity index is 1040. The van der Waals surface area contributed by atoms with E-state index in [0.717, 1.165) is 48.0 Å². The summed E-state index contributed by atoms with van der Waals surface area (Å²) in [7, 11) is 5.70. The molecule has 0 spiro atoms. The Morgan fingerprint density at radius 3 is 1.36 bits per heavy atom. The molecule has 6 nitrogen and oxygen atoms in total. The van der Waals surface area contributed by atoms with Gasteiger partial charge in [-0.05, 0) is 12.1 Å². The van der Waals surface area contributed by atoms with E-state index in [1.54, 1.807) is 0 Å². The molecule has 0 fully saturated rings. The lowest BCUT2D eigenvalue weighted by molar-refractivity contribution is -0.903. The first-order valence-electron chi connectivity index (χ1n) is 13.2. The SMILES string of the molecule is C[N+](C)(CCCNP(=O)(NCCC[N+](C)(C)Cc1ccccc1)Oc1ccccc1)Cc1ccccc1.[Br-].[Br-]. The second-order valence-corrected chi connectivity index (χ2v) is 13.0. The maximum Gasteiger partial charge on any atom is 0.390 e. The number of benzene rings is 3. The molecule has 0 saturated carbocycles. The summed E-state index contributed by atoms with van der Waals surface area (Å²) < 4.78 is 21.5. The number of nitrogens with zero attached hydrogens (tertiary/aromatic N) is 2. The second-order valence-electron chi connectivity index (χ2n) is 11.1. The topological polar surface area (TPSA) is 50.4 Å². The molecule has 0 aromatic heterocycles. The van der Waals surface area contributed by atoms with Crippen LogP contribution in [-0.2, 0) is 17.7 Å². The Labute approximate surface area is 257 Å². The monoisotopic (exact) mass is 682 g/mol. The van der Waals surface area contributed by atoms with Crippen LogP contribution in [0.2, 0.25) is 0 Å². The van der Waals surface area contributed by atoms with E-state index < -0.39 is 7.67 Å². The average Bonchev–Trinajstić information content (AvgIpc) is 2.86. The van der Waals surface area contributed by atoms with Crippen LogP contribution in [-0.4, -0.2) is 63.3 Å². The summed E-state index contributed by atoms with van der Waals surface area (Å²) >= 11 is 0. The van der Waals surface area contributed by atoms with E-state index in [2.05, 4.69) is 86.9 Å². The van der Waals surface area contributed by atoms with Gasteiger partial charge < -0.3 is 47.5 Å². The third-order valence-corrected chi connectivity index (χ3v) is 8.15. The number of quaternary nitrogens is 2. The highest BCUT2D eigenvalue weighted by atomic mass is 79.9. The second kappa shape index (κ2) is 17.3. The van der Waals surface area contributed by atoms with Gasteiger partial charge >= 0.3 is 7.67 Å². The predicted molar refractivity (Wildman–Crippen MR) is 154 cm³/mol. The van der Waals surface area contributed by atoms with Crippen molar-refractivity contribution in [2.45, 2.75) is 25.9 Å². The average molecular weight is 684 g/mol. The molecule has 0 heterocycles. The number of nitrogens with one attached hydrogen (secondary N) is 2. The molecule has 0 saturated heterocycles. The Morgan fingerprint density at radius 1 is 0.615 bits per heavy atom. The Morgan fingerprint density at radius 2 is 0.974 bits per heavy atom. The first-order valence-corrected chi connectivity index (χ1v) is 14.8. The molecule has 39 heavy (non-hydrogen) atoms. The van der Waals surface area contributed by atoms with Crippen LogP contribution in [0.15, 0.2) is 91.0 Å². The van der Waals surface area contributed by atoms with Gasteiger partial charge in [-0.1, -0.05) is 78.9 Å². The molecule has 0 unspecified atom stereocenters. The van der Waals surface area contributed by atoms with Crippen LogP contribution < -0.4 is 48.7 Å². The van der Waals surface area contributed by atoms with Gasteiger partial charge in [0.05, 0.1) is 41.3 Å². The smallest absolute Gasteiger partial charge is 0.390 e. The lowest BCUT2D eigenvalue weighted by Gasteiger charge is -2.31. The summed E-state index contributed by atoms with van der Waals surface area (Å²) in [4.78, 5) is 0. The Kier molecular flexibility index (Phi) is 15.8. The fraction of sp³-hybridized carbons (Fsp3) is 0.400. The van der Waals surface area contributed by atoms with Crippen molar-refractivity contribution < 1.29 is 52.0 Å². The van der Waals surface area contributed by atoms with Crippen molar-refractivity contribution in [3.8, 4) is 5.75 Å². The van der Waals surface area contributed by atoms with Gasteiger partial charge in [0, 0.05) is 37.1 Å². The Balaban J connectivity index is 0.00000380. The highest BCUT2D eigenvalue weighted by Gasteiger charge is 2.25. The van der Waals surface area contributed by atoms with Crippen LogP contribution in [0.25, 0.3) is 0 Å². The van der Waals surface area contributed by atoms with Crippen LogP contribution in [0.3, 0.4) is 0 Å². The van der Waals surface area contributed by atoms with Crippen LogP contribution in [0.5, 0.6) is 5.75 Å². The summed E-state index contributed by atoms with van der Waals surface area (Å²) in [6, 6.07) is 30.5. The molecule has 0 atom stereocenters. The minimum Gasteiger partial charge on any atom is -1.00 e. The molecule has 2 N–H and O–H groups in total. The Hall–Kier alpha value is -1.51. The van der Waals surface area contributed by atoms with Crippen LogP contribution in [0.1, 0.15) is 24.0 Å². The van der Waals surface area contributed by atoms with E-state index in [4.69, 9.17) is 4.52 Å². The van der Waals surface area contributed by atoms with Gasteiger partial charge in [0.15, 0.2) is 0 Å². The van der Waals surface area contributed by atoms with Crippen molar-refractivity contribution in [2.75, 3.05) is 54.4 Å². The van der Waals surface area contributed by atoms with Gasteiger partial charge in [0.2, 0.25) is 0 Å². The molecule has 0 radical (unpaired) electrons. The van der Waals surface area contributed by atoms with Gasteiger partial charge in [-0.25, -0.2) is 14.7 Å². The lowest BCUT2D eigenvalue weighted by atomic mass is 10.2. The first kappa shape index (κ1) is 35.5. The quantitative estimate of drug-likeness (QED) is 0.124. The molecule has 9 heteroatoms. The predicted octanol–water partition coefficient (Wildman–Crippen LogP) is -0.306. The number of hydrogen-bond acceptors (Lipinski definition) is 2. The van der Waals surface area contributed by atoms with Gasteiger partial charge in [-0.3, -0.25) is 0 Å². The standard InChI is InChI=1S/C30H45N4O2P.2BrH/c1-33(2,26-28-16-8-5-9-17-28)24-14-22-31-37(35,36-30-20-12-7-13-21-30)32-23-15-25-34(3,4)27-29-18-10-6-11-19-29;;/h5-13,16-21H,14-15,22-27H2,1-4H3,(H2,31,32,35);2*1H/q+2;;/p-2. The number of halogens is 2. The molecule has 0 aliphatic carbocycles. The largest absolute Gasteiger partial charge is 1.00 e. The maximum absolute atomic E-state index is 13.8. The fourth-order valence-electron chi connectivity index (χ4n) is 4.53. The minimum absolute atomic E-state index is 0. The summed E-state index contributed by atoms with van der Waals surface area (Å²) in [5.41, 5.74) is 2.66. The van der Waals surface area contributed by atoms with Crippen LogP contribution in [0, 0.1) is 0 Å². The highest BCUT2D eigenvalue weighted by molar-refractivity contribution is 7.55. The van der Waals surface area contributed by atoms with Gasteiger partial charge in [0.25, 0.3) is 0 Å². The number of rotatable bonds is 16. The van der Waals surface area contributed by atoms with E-state index >= 15 is 0 Å². The zero-order chi connectivity index (χ0) is 26.6. The van der Waals surface area contributed by atoms with Crippen molar-refractivity contribution in [2.24, 2.45) is 0 Å². The molecule has 3 rings (SSSR count). The third kappa shape index (κ3) is 14.1. The molecule has 3 aromatic rings. The zero-order valence-electron chi connectivity index (χ0n) is 23.7. The normalized spacial score (nSPS) is 11.8. The van der Waals surface area contributed by atoms with Crippen molar-refractivity contribution in [1.29, 1.82) is 0 Å². The van der Waals surface area contributed by atoms with Gasteiger partial charge in [-0.2, -0.15) is 0 Å². The molecular formula is C30H45Br2N4O2P. The van der Waals surface area contributed by atoms with Gasteiger partial charge in [0.1, 0.15) is 18.8 Å². The first-order chi connectivity index (χ1) is 17.6. The molecule has 0 bridgehead atoms. The van der Waals surface area contributed by atoms with E-state index in [9.17, 15) is 4.57 Å². The highest BCUT2D eigenvalue weighted by Crippen LogP contribution is 2.38. The molecule has 0 aliphatic rings. The number of hydrogen-bond donors (Lipinski definition) is 2. The molecular weight excluding hydrogens is 639 g/mol. The third-order valence-electron chi connectivity index (χ3n) is 6.40. The summed E-state index contributed by atoms with van der Waals surface area (Å²) in [6.07, 6.45) is 1.79. The van der Waals surface area contributed by atoms with Crippen molar-refractivity contribution in [3.63, 3.8) is 0 Å². The summed E-state index contributed by atoms with van der Waals surface area (Å²) in [6.45, 7) is 5.10. The fourth-order valence-corrected chi connectivity index (χ4v) is 6.09. The minimum atomic E-state index is -3.25. The van der Waals surface area contributed by atoms with E-state index in [1.165, 1.54) is 11.1 Å². The zero-order valence-corrected chi connectivity index (χ0v) is 27.8. The summed E-state index contributed by atoms with van der Waals surface area (Å²) in [5.74, 6) is 0.603. The molecule has 3 aromatic carbocycles. The van der Waals surface area contributed by atoms with Crippen molar-refractivity contribution in [1.82, 2.24) is 10.2 Å². The maximum atomic E-state index is 13.8. The lowest BCUT2D eigenvalue weighted by Crippen LogP contribution is -3.00. The van der Waals surface area contributed by atoms with E-state index in [-0.39, 0.29) is 34.0 Å². The molecule has 216 valence electrons. The molecule has 0 aliphatic heterocycles. The van der Waals surface area contributed by atoms with Gasteiger partial charge in [-0.15, -0.1) is 0 Å². The summed E-state index contributed by atoms with van der Waals surface area (Å²) in [5, 5.41) is 6.45. The van der Waals surface area contributed by atoms with E-state index in [0.29, 0.717) is 18.8 Å². The van der Waals surface area contributed by atoms with Crippen LogP contribution >= 0.6 is 7.67 Å². The van der Waals surface area contributed by atoms with E-state index in [1.807, 2.05) is 42.5 Å². The van der Waals surface area contributed by atoms with Crippen molar-refractivity contribution >= 4 is 7.67 Å². The van der Waals surface area contributed by atoms with Crippen molar-refractivity contribution in [3.05, 3.63) is 102 Å². The van der Waals surface area contributed by atoms with Crippen LogP contribution in [0.4, 0.5) is 0 Å². The molecule has 0 amide bonds. The number of para-hydroxylation sites is 1.